The molecule has 0 aliphatic heterocycles. The zero-order chi connectivity index (χ0) is 18.8. The van der Waals surface area contributed by atoms with E-state index < -0.39 is 10.0 Å². The van der Waals surface area contributed by atoms with Crippen molar-refractivity contribution in [2.75, 3.05) is 0 Å². The number of rotatable bonds is 2. The van der Waals surface area contributed by atoms with E-state index in [-0.39, 0.29) is 28.4 Å². The van der Waals surface area contributed by atoms with Crippen LogP contribution in [-0.2, 0) is 10.0 Å². The van der Waals surface area contributed by atoms with Gasteiger partial charge in [0.2, 0.25) is 0 Å². The molecule has 1 heterocycles. The van der Waals surface area contributed by atoms with Gasteiger partial charge in [0, 0.05) is 11.3 Å². The second-order valence-corrected chi connectivity index (χ2v) is 9.55. The highest BCUT2D eigenvalue weighted by molar-refractivity contribution is 7.90. The van der Waals surface area contributed by atoms with Gasteiger partial charge in [-0.15, -0.1) is 0 Å². The Labute approximate surface area is 158 Å². The molecular weight excluding hydrogens is 358 g/mol. The zero-order valence-electron chi connectivity index (χ0n) is 15.1. The standard InChI is InChI=1S/C22H21NO3S/c1-14-8-7-12-17-19(14)22(24)21-20(17)16-11-5-6-13-18(16)23(21)27(25,26)15-9-3-2-4-10-15/h2-6,9-11,13-14,17,19H,7-8,12H2,1H3/t14-,17-,19+/m0/s1. The second kappa shape index (κ2) is 5.80. The summed E-state index contributed by atoms with van der Waals surface area (Å²) in [4.78, 5) is 13.6. The number of fused-ring (bicyclic) bond motifs is 5. The van der Waals surface area contributed by atoms with Crippen LogP contribution < -0.4 is 0 Å². The fourth-order valence-corrected chi connectivity index (χ4v) is 6.69. The fraction of sp³-hybridized carbons (Fsp3) is 0.318. The van der Waals surface area contributed by atoms with E-state index in [2.05, 4.69) is 6.92 Å². The summed E-state index contributed by atoms with van der Waals surface area (Å²) in [5.74, 6) is 0.326. The summed E-state index contributed by atoms with van der Waals surface area (Å²) in [7, 11) is -3.84. The number of ketones is 1. The van der Waals surface area contributed by atoms with Gasteiger partial charge in [0.1, 0.15) is 5.69 Å². The van der Waals surface area contributed by atoms with Gasteiger partial charge in [0.15, 0.2) is 5.78 Å². The van der Waals surface area contributed by atoms with Gasteiger partial charge < -0.3 is 0 Å². The first-order valence-corrected chi connectivity index (χ1v) is 10.9. The summed E-state index contributed by atoms with van der Waals surface area (Å²) in [5.41, 5.74) is 1.95. The van der Waals surface area contributed by atoms with Gasteiger partial charge >= 0.3 is 0 Å². The van der Waals surface area contributed by atoms with Gasteiger partial charge in [-0.1, -0.05) is 49.7 Å². The highest BCUT2D eigenvalue weighted by Gasteiger charge is 2.49. The number of aromatic nitrogens is 1. The van der Waals surface area contributed by atoms with Crippen LogP contribution in [-0.4, -0.2) is 18.2 Å². The maximum Gasteiger partial charge on any atom is 0.268 e. The van der Waals surface area contributed by atoms with Crippen LogP contribution in [0.1, 0.15) is 48.2 Å². The third-order valence-corrected chi connectivity index (χ3v) is 8.01. The average Bonchev–Trinajstić information content (AvgIpc) is 3.17. The van der Waals surface area contributed by atoms with Gasteiger partial charge in [0.25, 0.3) is 10.0 Å². The smallest absolute Gasteiger partial charge is 0.268 e. The van der Waals surface area contributed by atoms with Crippen molar-refractivity contribution in [2.45, 2.75) is 37.0 Å². The maximum absolute atomic E-state index is 13.5. The lowest BCUT2D eigenvalue weighted by Crippen LogP contribution is -2.27. The van der Waals surface area contributed by atoms with Crippen LogP contribution in [0.15, 0.2) is 59.5 Å². The van der Waals surface area contributed by atoms with Crippen LogP contribution in [0.4, 0.5) is 0 Å². The second-order valence-electron chi connectivity index (χ2n) is 7.77. The third-order valence-electron chi connectivity index (χ3n) is 6.28. The molecule has 0 unspecified atom stereocenters. The molecule has 2 aromatic carbocycles. The molecule has 2 aliphatic rings. The minimum atomic E-state index is -3.84. The van der Waals surface area contributed by atoms with Crippen LogP contribution in [0.2, 0.25) is 0 Å². The van der Waals surface area contributed by atoms with Crippen molar-refractivity contribution < 1.29 is 13.2 Å². The van der Waals surface area contributed by atoms with Crippen LogP contribution >= 0.6 is 0 Å². The number of nitrogens with zero attached hydrogens (tertiary/aromatic N) is 1. The van der Waals surface area contributed by atoms with E-state index in [0.29, 0.717) is 11.2 Å². The molecule has 0 bridgehead atoms. The number of para-hydroxylation sites is 1. The first-order valence-electron chi connectivity index (χ1n) is 9.50. The number of hydrogen-bond acceptors (Lipinski definition) is 3. The Morgan fingerprint density at radius 2 is 1.67 bits per heavy atom. The Balaban J connectivity index is 1.85. The lowest BCUT2D eigenvalue weighted by atomic mass is 9.72. The zero-order valence-corrected chi connectivity index (χ0v) is 15.9. The molecule has 0 saturated heterocycles. The maximum atomic E-state index is 13.5. The number of carbonyl (C=O) groups is 1. The van der Waals surface area contributed by atoms with E-state index in [1.165, 1.54) is 3.97 Å². The molecule has 0 amide bonds. The van der Waals surface area contributed by atoms with E-state index in [1.807, 2.05) is 24.3 Å². The van der Waals surface area contributed by atoms with Crippen molar-refractivity contribution in [3.8, 4) is 0 Å². The van der Waals surface area contributed by atoms with E-state index >= 15 is 0 Å². The predicted molar refractivity (Wildman–Crippen MR) is 105 cm³/mol. The number of hydrogen-bond donors (Lipinski definition) is 0. The van der Waals surface area contributed by atoms with E-state index in [9.17, 15) is 13.2 Å². The molecule has 0 spiro atoms. The van der Waals surface area contributed by atoms with E-state index in [4.69, 9.17) is 0 Å². The van der Waals surface area contributed by atoms with Crippen molar-refractivity contribution in [1.82, 2.24) is 3.97 Å². The minimum absolute atomic E-state index is 0.00194. The summed E-state index contributed by atoms with van der Waals surface area (Å²) < 4.78 is 28.3. The van der Waals surface area contributed by atoms with Crippen molar-refractivity contribution >= 4 is 26.7 Å². The van der Waals surface area contributed by atoms with Crippen LogP contribution in [0.5, 0.6) is 0 Å². The third kappa shape index (κ3) is 2.21. The van der Waals surface area contributed by atoms with Crippen molar-refractivity contribution in [2.24, 2.45) is 11.8 Å². The molecule has 5 rings (SSSR count). The van der Waals surface area contributed by atoms with Crippen LogP contribution in [0.3, 0.4) is 0 Å². The normalized spacial score (nSPS) is 24.8. The molecule has 1 saturated carbocycles. The van der Waals surface area contributed by atoms with Crippen molar-refractivity contribution in [3.05, 3.63) is 65.9 Å². The van der Waals surface area contributed by atoms with E-state index in [1.54, 1.807) is 30.3 Å². The Morgan fingerprint density at radius 1 is 0.963 bits per heavy atom. The topological polar surface area (TPSA) is 56.1 Å². The molecule has 27 heavy (non-hydrogen) atoms. The quantitative estimate of drug-likeness (QED) is 0.654. The summed E-state index contributed by atoms with van der Waals surface area (Å²) in [6.45, 7) is 2.12. The predicted octanol–water partition coefficient (Wildman–Crippen LogP) is 4.59. The molecule has 138 valence electrons. The lowest BCUT2D eigenvalue weighted by Gasteiger charge is -2.30. The molecule has 3 aromatic rings. The highest BCUT2D eigenvalue weighted by Crippen LogP contribution is 2.52. The molecule has 0 N–H and O–H groups in total. The Kier molecular flexibility index (Phi) is 3.60. The summed E-state index contributed by atoms with van der Waals surface area (Å²) in [6.07, 6.45) is 3.06. The Hall–Kier alpha value is -2.40. The summed E-state index contributed by atoms with van der Waals surface area (Å²) >= 11 is 0. The average molecular weight is 379 g/mol. The first kappa shape index (κ1) is 16.8. The number of benzene rings is 2. The fourth-order valence-electron chi connectivity index (χ4n) is 5.13. The molecular formula is C22H21NO3S. The van der Waals surface area contributed by atoms with Gasteiger partial charge in [-0.3, -0.25) is 4.79 Å². The molecule has 2 aliphatic carbocycles. The highest BCUT2D eigenvalue weighted by atomic mass is 32.2. The molecule has 3 atom stereocenters. The van der Waals surface area contributed by atoms with Crippen LogP contribution in [0, 0.1) is 11.8 Å². The Morgan fingerprint density at radius 3 is 2.44 bits per heavy atom. The van der Waals surface area contributed by atoms with Gasteiger partial charge in [-0.25, -0.2) is 12.4 Å². The minimum Gasteiger partial charge on any atom is -0.292 e. The summed E-state index contributed by atoms with van der Waals surface area (Å²) in [6, 6.07) is 15.9. The van der Waals surface area contributed by atoms with Crippen molar-refractivity contribution in [1.29, 1.82) is 0 Å². The van der Waals surface area contributed by atoms with Crippen LogP contribution in [0.25, 0.3) is 10.9 Å². The van der Waals surface area contributed by atoms with Gasteiger partial charge in [-0.2, -0.15) is 0 Å². The van der Waals surface area contributed by atoms with Gasteiger partial charge in [-0.05, 0) is 48.4 Å². The first-order chi connectivity index (χ1) is 13.0. The molecule has 1 aromatic heterocycles. The molecule has 1 fully saturated rings. The number of Topliss-reactive ketones (excluding diaryl/α,β-unsaturated/α-hetero) is 1. The summed E-state index contributed by atoms with van der Waals surface area (Å²) in [5, 5.41) is 0.905. The largest absolute Gasteiger partial charge is 0.292 e. The lowest BCUT2D eigenvalue weighted by molar-refractivity contribution is 0.0837. The monoisotopic (exact) mass is 379 g/mol. The number of carbonyl (C=O) groups excluding carboxylic acids is 1. The SMILES string of the molecule is C[C@H]1CCC[C@@H]2c3c(n(S(=O)(=O)c4ccccc4)c4ccccc34)C(=O)[C@@H]21. The van der Waals surface area contributed by atoms with Crippen molar-refractivity contribution in [3.63, 3.8) is 0 Å². The Bertz CT molecular complexity index is 1160. The van der Waals surface area contributed by atoms with E-state index in [0.717, 1.165) is 30.2 Å². The molecule has 0 radical (unpaired) electrons. The molecule has 4 nitrogen and oxygen atoms in total. The molecule has 5 heteroatoms. The van der Waals surface area contributed by atoms with Gasteiger partial charge in [0.05, 0.1) is 10.4 Å².